The Balaban J connectivity index is 2.32. The molecule has 0 saturated heterocycles. The zero-order chi connectivity index (χ0) is 16.5. The lowest BCUT2D eigenvalue weighted by atomic mass is 10.2. The Morgan fingerprint density at radius 2 is 1.82 bits per heavy atom. The van der Waals surface area contributed by atoms with Crippen molar-refractivity contribution in [2.24, 2.45) is 5.14 Å². The first kappa shape index (κ1) is 16.3. The van der Waals surface area contributed by atoms with E-state index in [-0.39, 0.29) is 10.8 Å². The van der Waals surface area contributed by atoms with Crippen molar-refractivity contribution < 1.29 is 13.2 Å². The molecule has 1 aromatic carbocycles. The zero-order valence-electron chi connectivity index (χ0n) is 12.8. The third-order valence-corrected chi connectivity index (χ3v) is 4.57. The Bertz CT molecular complexity index is 805. The topological polar surface area (TPSA) is 94.2 Å². The van der Waals surface area contributed by atoms with Gasteiger partial charge in [0.05, 0.1) is 10.5 Å². The molecule has 1 amide bonds. The van der Waals surface area contributed by atoms with Gasteiger partial charge in [-0.3, -0.25) is 4.79 Å². The number of nitrogens with two attached hydrogens (primary N) is 1. The van der Waals surface area contributed by atoms with Crippen molar-refractivity contribution >= 4 is 15.9 Å². The van der Waals surface area contributed by atoms with Gasteiger partial charge >= 0.3 is 0 Å². The van der Waals surface area contributed by atoms with Crippen LogP contribution in [0.5, 0.6) is 0 Å². The van der Waals surface area contributed by atoms with Crippen LogP contribution in [-0.2, 0) is 16.6 Å². The summed E-state index contributed by atoms with van der Waals surface area (Å²) in [6, 6.07) is 8.25. The van der Waals surface area contributed by atoms with Crippen LogP contribution in [0.3, 0.4) is 0 Å². The lowest BCUT2D eigenvalue weighted by molar-refractivity contribution is 0.0962. The molecule has 0 unspecified atom stereocenters. The molecule has 0 aliphatic carbocycles. The first-order valence-corrected chi connectivity index (χ1v) is 8.29. The Morgan fingerprint density at radius 3 is 2.32 bits per heavy atom. The van der Waals surface area contributed by atoms with Crippen LogP contribution in [0, 0.1) is 13.8 Å². The second-order valence-corrected chi connectivity index (χ2v) is 6.70. The van der Waals surface area contributed by atoms with Crippen molar-refractivity contribution in [1.29, 1.82) is 0 Å². The Hall–Kier alpha value is -2.12. The minimum atomic E-state index is -3.68. The molecule has 7 heteroatoms. The maximum absolute atomic E-state index is 11.8. The predicted octanol–water partition coefficient (Wildman–Crippen LogP) is 1.16. The molecule has 0 aliphatic heterocycles. The van der Waals surface area contributed by atoms with Crippen molar-refractivity contribution in [3.05, 3.63) is 52.8 Å². The van der Waals surface area contributed by atoms with Gasteiger partial charge in [0, 0.05) is 25.0 Å². The minimum Gasteiger partial charge on any atom is -0.355 e. The van der Waals surface area contributed by atoms with E-state index in [0.717, 1.165) is 17.0 Å². The number of sulfonamides is 1. The van der Waals surface area contributed by atoms with E-state index >= 15 is 0 Å². The highest BCUT2D eigenvalue weighted by Crippen LogP contribution is 2.18. The monoisotopic (exact) mass is 321 g/mol. The standard InChI is InChI=1S/C15H19N3O3S/c1-10-8-14(15(19)17-3)11(2)18(10)9-12-4-6-13(7-5-12)22(16,20)21/h4-8H,9H2,1-3H3,(H,17,19)(H2,16,20,21). The number of hydrogen-bond acceptors (Lipinski definition) is 3. The van der Waals surface area contributed by atoms with Gasteiger partial charge in [-0.1, -0.05) is 12.1 Å². The fraction of sp³-hybridized carbons (Fsp3) is 0.267. The number of benzene rings is 1. The quantitative estimate of drug-likeness (QED) is 0.885. The summed E-state index contributed by atoms with van der Waals surface area (Å²) in [7, 11) is -2.08. The molecule has 1 heterocycles. The maximum Gasteiger partial charge on any atom is 0.252 e. The van der Waals surface area contributed by atoms with Gasteiger partial charge in [0.2, 0.25) is 10.0 Å². The molecule has 0 atom stereocenters. The van der Waals surface area contributed by atoms with E-state index in [9.17, 15) is 13.2 Å². The molecule has 118 valence electrons. The normalized spacial score (nSPS) is 11.5. The average molecular weight is 321 g/mol. The summed E-state index contributed by atoms with van der Waals surface area (Å²) >= 11 is 0. The molecule has 0 spiro atoms. The number of rotatable bonds is 4. The summed E-state index contributed by atoms with van der Waals surface area (Å²) in [6.45, 7) is 4.37. The molecule has 0 fully saturated rings. The number of hydrogen-bond donors (Lipinski definition) is 2. The third kappa shape index (κ3) is 3.20. The molecule has 0 aliphatic rings. The molecule has 0 radical (unpaired) electrons. The molecular formula is C15H19N3O3S. The minimum absolute atomic E-state index is 0.0863. The van der Waals surface area contributed by atoms with Gasteiger partial charge in [0.25, 0.3) is 5.91 Å². The first-order valence-electron chi connectivity index (χ1n) is 6.74. The number of aryl methyl sites for hydroxylation is 1. The summed E-state index contributed by atoms with van der Waals surface area (Å²) in [5.74, 6) is -0.121. The second-order valence-electron chi connectivity index (χ2n) is 5.14. The molecule has 2 rings (SSSR count). The van der Waals surface area contributed by atoms with Gasteiger partial charge in [-0.05, 0) is 37.6 Å². The summed E-state index contributed by atoms with van der Waals surface area (Å²) in [6.07, 6.45) is 0. The fourth-order valence-electron chi connectivity index (χ4n) is 2.38. The SMILES string of the molecule is CNC(=O)c1cc(C)n(Cc2ccc(S(N)(=O)=O)cc2)c1C. The molecule has 3 N–H and O–H groups in total. The van der Waals surface area contributed by atoms with E-state index in [1.165, 1.54) is 12.1 Å². The van der Waals surface area contributed by atoms with Crippen molar-refractivity contribution in [2.45, 2.75) is 25.3 Å². The number of nitrogens with one attached hydrogen (secondary N) is 1. The van der Waals surface area contributed by atoms with E-state index < -0.39 is 10.0 Å². The van der Waals surface area contributed by atoms with Crippen LogP contribution < -0.4 is 10.5 Å². The molecule has 0 saturated carbocycles. The summed E-state index contributed by atoms with van der Waals surface area (Å²) in [4.78, 5) is 11.9. The Morgan fingerprint density at radius 1 is 1.23 bits per heavy atom. The number of carbonyl (C=O) groups excluding carboxylic acids is 1. The van der Waals surface area contributed by atoms with Crippen molar-refractivity contribution in [3.8, 4) is 0 Å². The van der Waals surface area contributed by atoms with Crippen LogP contribution >= 0.6 is 0 Å². The highest BCUT2D eigenvalue weighted by atomic mass is 32.2. The lowest BCUT2D eigenvalue weighted by Gasteiger charge is -2.10. The molecule has 22 heavy (non-hydrogen) atoms. The van der Waals surface area contributed by atoms with E-state index in [0.29, 0.717) is 12.1 Å². The van der Waals surface area contributed by atoms with Crippen LogP contribution in [0.25, 0.3) is 0 Å². The van der Waals surface area contributed by atoms with Crippen LogP contribution in [0.15, 0.2) is 35.2 Å². The van der Waals surface area contributed by atoms with Crippen molar-refractivity contribution in [1.82, 2.24) is 9.88 Å². The van der Waals surface area contributed by atoms with Crippen molar-refractivity contribution in [2.75, 3.05) is 7.05 Å². The van der Waals surface area contributed by atoms with Crippen molar-refractivity contribution in [3.63, 3.8) is 0 Å². The largest absolute Gasteiger partial charge is 0.355 e. The summed E-state index contributed by atoms with van der Waals surface area (Å²) in [5.41, 5.74) is 3.40. The lowest BCUT2D eigenvalue weighted by Crippen LogP contribution is -2.18. The summed E-state index contributed by atoms with van der Waals surface area (Å²) in [5, 5.41) is 7.70. The number of primary sulfonamides is 1. The van der Waals surface area contributed by atoms with Gasteiger partial charge < -0.3 is 9.88 Å². The second kappa shape index (κ2) is 5.94. The van der Waals surface area contributed by atoms with Gasteiger partial charge in [0.15, 0.2) is 0 Å². The van der Waals surface area contributed by atoms with Gasteiger partial charge in [-0.25, -0.2) is 13.6 Å². The van der Waals surface area contributed by atoms with Crippen LogP contribution in [-0.4, -0.2) is 25.9 Å². The zero-order valence-corrected chi connectivity index (χ0v) is 13.6. The van der Waals surface area contributed by atoms with Gasteiger partial charge in [-0.15, -0.1) is 0 Å². The number of aromatic nitrogens is 1. The van der Waals surface area contributed by atoms with Gasteiger partial charge in [0.1, 0.15) is 0 Å². The molecule has 6 nitrogen and oxygen atoms in total. The molecule has 2 aromatic rings. The molecule has 1 aromatic heterocycles. The van der Waals surface area contributed by atoms with Gasteiger partial charge in [-0.2, -0.15) is 0 Å². The Labute approximate surface area is 130 Å². The van der Waals surface area contributed by atoms with E-state index in [1.54, 1.807) is 19.2 Å². The van der Waals surface area contributed by atoms with E-state index in [4.69, 9.17) is 5.14 Å². The van der Waals surface area contributed by atoms with Crippen LogP contribution in [0.4, 0.5) is 0 Å². The number of amides is 1. The Kier molecular flexibility index (Phi) is 4.39. The highest BCUT2D eigenvalue weighted by Gasteiger charge is 2.15. The maximum atomic E-state index is 11.8. The highest BCUT2D eigenvalue weighted by molar-refractivity contribution is 7.89. The van der Waals surface area contributed by atoms with E-state index in [2.05, 4.69) is 5.32 Å². The smallest absolute Gasteiger partial charge is 0.252 e. The first-order chi connectivity index (χ1) is 10.2. The average Bonchev–Trinajstić information content (AvgIpc) is 2.74. The molecular weight excluding hydrogens is 302 g/mol. The van der Waals surface area contributed by atoms with E-state index in [1.807, 2.05) is 24.5 Å². The third-order valence-electron chi connectivity index (χ3n) is 3.64. The molecule has 0 bridgehead atoms. The summed E-state index contributed by atoms with van der Waals surface area (Å²) < 4.78 is 24.5. The number of carbonyl (C=O) groups is 1. The van der Waals surface area contributed by atoms with Crippen LogP contribution in [0.1, 0.15) is 27.3 Å². The fourth-order valence-corrected chi connectivity index (χ4v) is 2.89. The predicted molar refractivity (Wildman–Crippen MR) is 84.2 cm³/mol. The number of nitrogens with zero attached hydrogens (tertiary/aromatic N) is 1. The van der Waals surface area contributed by atoms with Crippen LogP contribution in [0.2, 0.25) is 0 Å².